The lowest BCUT2D eigenvalue weighted by Crippen LogP contribution is -2.25. The first-order valence-corrected chi connectivity index (χ1v) is 7.25. The van der Waals surface area contributed by atoms with Crippen molar-refractivity contribution in [3.63, 3.8) is 0 Å². The maximum absolute atomic E-state index is 12.0. The van der Waals surface area contributed by atoms with Crippen LogP contribution in [-0.4, -0.2) is 37.3 Å². The number of nitrogens with zero attached hydrogens (tertiary/aromatic N) is 3. The summed E-state index contributed by atoms with van der Waals surface area (Å²) in [5, 5.41) is 17.8. The number of aliphatic hydroxyl groups is 1. The number of aliphatic hydroxyl groups excluding tert-OH is 1. The topological polar surface area (TPSA) is 105 Å². The Labute approximate surface area is 137 Å². The van der Waals surface area contributed by atoms with Gasteiger partial charge in [0, 0.05) is 12.4 Å². The second-order valence-corrected chi connectivity index (χ2v) is 4.90. The first-order valence-electron chi connectivity index (χ1n) is 7.25. The Morgan fingerprint density at radius 2 is 1.83 bits per heavy atom. The highest BCUT2D eigenvalue weighted by atomic mass is 16.4. The lowest BCUT2D eigenvalue weighted by atomic mass is 10.2. The number of hydrogen-bond donors (Lipinski definition) is 2. The van der Waals surface area contributed by atoms with E-state index in [0.29, 0.717) is 23.3 Å². The number of para-hydroxylation sites is 1. The van der Waals surface area contributed by atoms with Crippen LogP contribution in [0.5, 0.6) is 0 Å². The summed E-state index contributed by atoms with van der Waals surface area (Å²) in [6.07, 6.45) is 2.90. The highest BCUT2D eigenvalue weighted by molar-refractivity contribution is 5.87. The van der Waals surface area contributed by atoms with Crippen molar-refractivity contribution in [2.24, 2.45) is 0 Å². The number of carboxylic acid groups (broad SMARTS) is 1. The molecular weight excluding hydrogens is 310 g/mol. The van der Waals surface area contributed by atoms with E-state index < -0.39 is 5.97 Å². The van der Waals surface area contributed by atoms with E-state index in [1.54, 1.807) is 13.0 Å². The molecule has 0 saturated carbocycles. The van der Waals surface area contributed by atoms with Gasteiger partial charge in [0.1, 0.15) is 5.82 Å². The fraction of sp³-hybridized carbons (Fsp3) is 0.176. The van der Waals surface area contributed by atoms with Crippen molar-refractivity contribution in [2.75, 3.05) is 6.61 Å². The number of aryl methyl sites for hydroxylation is 1. The number of fused-ring (bicyclic) bond motifs is 1. The standard InChI is InChI=1S/C11H12N2O2.C6H5NO2/c1-8-12-10-5-3-2-4-9(10)11(15)13(8)6-7-14;8-6(9)5-1-3-7-4-2-5/h2-5,14H,6-7H2,1H3;1-4H,(H,8,9). The molecule has 0 aliphatic carbocycles. The second kappa shape index (κ2) is 7.98. The van der Waals surface area contributed by atoms with E-state index in [1.807, 2.05) is 18.2 Å². The van der Waals surface area contributed by atoms with Gasteiger partial charge < -0.3 is 10.2 Å². The molecule has 124 valence electrons. The Morgan fingerprint density at radius 1 is 1.17 bits per heavy atom. The largest absolute Gasteiger partial charge is 0.478 e. The lowest BCUT2D eigenvalue weighted by Gasteiger charge is -2.08. The van der Waals surface area contributed by atoms with Gasteiger partial charge in [0.25, 0.3) is 5.56 Å². The van der Waals surface area contributed by atoms with Crippen molar-refractivity contribution in [3.05, 3.63) is 70.5 Å². The zero-order chi connectivity index (χ0) is 17.5. The van der Waals surface area contributed by atoms with E-state index in [9.17, 15) is 9.59 Å². The van der Waals surface area contributed by atoms with Crippen LogP contribution in [0, 0.1) is 6.92 Å². The Morgan fingerprint density at radius 3 is 2.42 bits per heavy atom. The van der Waals surface area contributed by atoms with Crippen LogP contribution in [0.2, 0.25) is 0 Å². The third kappa shape index (κ3) is 4.02. The Hall–Kier alpha value is -3.06. The van der Waals surface area contributed by atoms with Crippen LogP contribution in [-0.2, 0) is 6.54 Å². The molecule has 0 atom stereocenters. The SMILES string of the molecule is Cc1nc2ccccc2c(=O)n1CCO.O=C(O)c1ccncc1. The lowest BCUT2D eigenvalue weighted by molar-refractivity contribution is 0.0696. The Balaban J connectivity index is 0.000000198. The molecule has 0 saturated heterocycles. The van der Waals surface area contributed by atoms with Gasteiger partial charge in [-0.3, -0.25) is 14.3 Å². The van der Waals surface area contributed by atoms with Crippen molar-refractivity contribution in [3.8, 4) is 0 Å². The first-order chi connectivity index (χ1) is 11.5. The molecule has 2 aromatic heterocycles. The van der Waals surface area contributed by atoms with Gasteiger partial charge in [-0.25, -0.2) is 9.78 Å². The molecule has 0 fully saturated rings. The fourth-order valence-corrected chi connectivity index (χ4v) is 2.14. The summed E-state index contributed by atoms with van der Waals surface area (Å²) < 4.78 is 1.49. The maximum Gasteiger partial charge on any atom is 0.335 e. The zero-order valence-electron chi connectivity index (χ0n) is 13.1. The zero-order valence-corrected chi connectivity index (χ0v) is 13.1. The van der Waals surface area contributed by atoms with Crippen LogP contribution in [0.15, 0.2) is 53.6 Å². The van der Waals surface area contributed by atoms with E-state index in [0.717, 1.165) is 0 Å². The monoisotopic (exact) mass is 327 g/mol. The molecule has 0 bridgehead atoms. The number of carboxylic acids is 1. The number of aromatic carboxylic acids is 1. The molecule has 0 spiro atoms. The molecule has 3 rings (SSSR count). The summed E-state index contributed by atoms with van der Waals surface area (Å²) >= 11 is 0. The normalized spacial score (nSPS) is 10.1. The van der Waals surface area contributed by atoms with Gasteiger partial charge in [-0.15, -0.1) is 0 Å². The van der Waals surface area contributed by atoms with Crippen molar-refractivity contribution in [1.82, 2.24) is 14.5 Å². The number of hydrogen-bond acceptors (Lipinski definition) is 5. The van der Waals surface area contributed by atoms with Crippen LogP contribution in [0.25, 0.3) is 10.9 Å². The van der Waals surface area contributed by atoms with Crippen LogP contribution < -0.4 is 5.56 Å². The smallest absolute Gasteiger partial charge is 0.335 e. The molecule has 0 amide bonds. The van der Waals surface area contributed by atoms with Crippen LogP contribution in [0.1, 0.15) is 16.2 Å². The van der Waals surface area contributed by atoms with Gasteiger partial charge in [0.2, 0.25) is 0 Å². The van der Waals surface area contributed by atoms with E-state index in [-0.39, 0.29) is 17.7 Å². The molecule has 0 radical (unpaired) electrons. The highest BCUT2D eigenvalue weighted by Crippen LogP contribution is 2.06. The Bertz CT molecular complexity index is 891. The molecular formula is C17H17N3O4. The van der Waals surface area contributed by atoms with Gasteiger partial charge in [-0.2, -0.15) is 0 Å². The van der Waals surface area contributed by atoms with Gasteiger partial charge in [-0.1, -0.05) is 12.1 Å². The number of benzene rings is 1. The van der Waals surface area contributed by atoms with E-state index >= 15 is 0 Å². The Kier molecular flexibility index (Phi) is 5.75. The van der Waals surface area contributed by atoms with E-state index in [1.165, 1.54) is 29.1 Å². The van der Waals surface area contributed by atoms with Gasteiger partial charge in [0.05, 0.1) is 29.6 Å². The summed E-state index contributed by atoms with van der Waals surface area (Å²) in [6.45, 7) is 2.01. The predicted octanol–water partition coefficient (Wildman–Crippen LogP) is 1.48. The minimum absolute atomic E-state index is 0.0548. The average Bonchev–Trinajstić information content (AvgIpc) is 2.60. The number of carbonyl (C=O) groups is 1. The molecule has 0 unspecified atom stereocenters. The predicted molar refractivity (Wildman–Crippen MR) is 89.0 cm³/mol. The molecule has 24 heavy (non-hydrogen) atoms. The minimum Gasteiger partial charge on any atom is -0.478 e. The molecule has 1 aromatic carbocycles. The molecule has 7 heteroatoms. The van der Waals surface area contributed by atoms with Gasteiger partial charge >= 0.3 is 5.97 Å². The highest BCUT2D eigenvalue weighted by Gasteiger charge is 2.06. The van der Waals surface area contributed by atoms with Crippen LogP contribution in [0.4, 0.5) is 0 Å². The summed E-state index contributed by atoms with van der Waals surface area (Å²) in [7, 11) is 0. The summed E-state index contributed by atoms with van der Waals surface area (Å²) in [5.41, 5.74) is 0.881. The fourth-order valence-electron chi connectivity index (χ4n) is 2.14. The van der Waals surface area contributed by atoms with Gasteiger partial charge in [-0.05, 0) is 31.2 Å². The second-order valence-electron chi connectivity index (χ2n) is 4.90. The van der Waals surface area contributed by atoms with Crippen molar-refractivity contribution >= 4 is 16.9 Å². The summed E-state index contributed by atoms with van der Waals surface area (Å²) in [4.78, 5) is 30.1. The minimum atomic E-state index is -0.919. The molecule has 2 heterocycles. The number of pyridine rings is 1. The molecule has 7 nitrogen and oxygen atoms in total. The quantitative estimate of drug-likeness (QED) is 0.755. The van der Waals surface area contributed by atoms with Crippen LogP contribution in [0.3, 0.4) is 0 Å². The number of rotatable bonds is 3. The molecule has 0 aliphatic heterocycles. The van der Waals surface area contributed by atoms with Gasteiger partial charge in [0.15, 0.2) is 0 Å². The van der Waals surface area contributed by atoms with E-state index in [2.05, 4.69) is 9.97 Å². The molecule has 2 N–H and O–H groups in total. The van der Waals surface area contributed by atoms with Crippen molar-refractivity contribution < 1.29 is 15.0 Å². The summed E-state index contributed by atoms with van der Waals surface area (Å²) in [5.74, 6) is -0.287. The number of aromatic nitrogens is 3. The third-order valence-corrected chi connectivity index (χ3v) is 3.30. The summed E-state index contributed by atoms with van der Waals surface area (Å²) in [6, 6.07) is 10.1. The van der Waals surface area contributed by atoms with E-state index in [4.69, 9.17) is 10.2 Å². The third-order valence-electron chi connectivity index (χ3n) is 3.30. The molecule has 3 aromatic rings. The average molecular weight is 327 g/mol. The van der Waals surface area contributed by atoms with Crippen molar-refractivity contribution in [1.29, 1.82) is 0 Å². The van der Waals surface area contributed by atoms with Crippen molar-refractivity contribution in [2.45, 2.75) is 13.5 Å². The first kappa shape index (κ1) is 17.3. The molecule has 0 aliphatic rings. The van der Waals surface area contributed by atoms with Crippen LogP contribution >= 0.6 is 0 Å². The maximum atomic E-state index is 12.0.